The summed E-state index contributed by atoms with van der Waals surface area (Å²) < 4.78 is 19.2. The number of hydrogen-bond donors (Lipinski definition) is 0. The van der Waals surface area contributed by atoms with Crippen LogP contribution in [0.4, 0.5) is 4.39 Å². The van der Waals surface area contributed by atoms with E-state index in [4.69, 9.17) is 17.0 Å². The highest BCUT2D eigenvalue weighted by Crippen LogP contribution is 2.32. The predicted molar refractivity (Wildman–Crippen MR) is 101 cm³/mol. The zero-order chi connectivity index (χ0) is 18.2. The molecular formula is C18H20FNO3S2. The Morgan fingerprint density at radius 3 is 2.84 bits per heavy atom. The van der Waals surface area contributed by atoms with Crippen molar-refractivity contribution >= 4 is 46.3 Å². The van der Waals surface area contributed by atoms with Gasteiger partial charge in [0.05, 0.1) is 17.9 Å². The van der Waals surface area contributed by atoms with Crippen LogP contribution in [0.15, 0.2) is 29.2 Å². The van der Waals surface area contributed by atoms with Crippen molar-refractivity contribution in [1.82, 2.24) is 4.90 Å². The van der Waals surface area contributed by atoms with Crippen LogP contribution < -0.4 is 0 Å². The number of thioether (sulfide) groups is 1. The molecule has 1 heterocycles. The highest BCUT2D eigenvalue weighted by molar-refractivity contribution is 8.26. The van der Waals surface area contributed by atoms with E-state index in [1.165, 1.54) is 17.0 Å². The Kier molecular flexibility index (Phi) is 7.58. The van der Waals surface area contributed by atoms with Crippen LogP contribution in [0.2, 0.25) is 0 Å². The maximum absolute atomic E-state index is 13.7. The Hall–Kier alpha value is -1.73. The van der Waals surface area contributed by atoms with Crippen molar-refractivity contribution in [3.05, 3.63) is 40.6 Å². The summed E-state index contributed by atoms with van der Waals surface area (Å²) in [5.41, 5.74) is 0.332. The summed E-state index contributed by atoms with van der Waals surface area (Å²) in [7, 11) is 0. The molecule has 1 aliphatic heterocycles. The van der Waals surface area contributed by atoms with Gasteiger partial charge in [0.2, 0.25) is 0 Å². The second-order valence-corrected chi connectivity index (χ2v) is 7.21. The minimum Gasteiger partial charge on any atom is -0.466 e. The minimum absolute atomic E-state index is 0.0888. The van der Waals surface area contributed by atoms with Gasteiger partial charge in [-0.15, -0.1) is 0 Å². The summed E-state index contributed by atoms with van der Waals surface area (Å²) >= 11 is 6.31. The van der Waals surface area contributed by atoms with Gasteiger partial charge < -0.3 is 4.74 Å². The molecule has 0 bridgehead atoms. The smallest absolute Gasteiger partial charge is 0.307 e. The number of carbonyl (C=O) groups excluding carboxylic acids is 2. The molecule has 1 saturated heterocycles. The van der Waals surface area contributed by atoms with Gasteiger partial charge in [0.25, 0.3) is 5.91 Å². The highest BCUT2D eigenvalue weighted by atomic mass is 32.2. The first-order valence-corrected chi connectivity index (χ1v) is 9.41. The molecule has 134 valence electrons. The highest BCUT2D eigenvalue weighted by Gasteiger charge is 2.32. The number of amides is 1. The number of halogens is 1. The molecule has 1 aromatic rings. The Labute approximate surface area is 156 Å². The van der Waals surface area contributed by atoms with Crippen LogP contribution in [0.3, 0.4) is 0 Å². The van der Waals surface area contributed by atoms with Crippen LogP contribution in [0, 0.1) is 5.82 Å². The maximum atomic E-state index is 13.7. The minimum atomic E-state index is -0.400. The molecule has 7 heteroatoms. The average molecular weight is 381 g/mol. The normalized spacial score (nSPS) is 15.9. The molecule has 1 fully saturated rings. The lowest BCUT2D eigenvalue weighted by molar-refractivity contribution is -0.144. The van der Waals surface area contributed by atoms with Gasteiger partial charge in [-0.25, -0.2) is 4.39 Å². The van der Waals surface area contributed by atoms with E-state index in [0.29, 0.717) is 21.4 Å². The van der Waals surface area contributed by atoms with E-state index in [9.17, 15) is 14.0 Å². The number of nitrogens with zero attached hydrogens (tertiary/aromatic N) is 1. The molecule has 25 heavy (non-hydrogen) atoms. The Morgan fingerprint density at radius 1 is 1.36 bits per heavy atom. The summed E-state index contributed by atoms with van der Waals surface area (Å²) in [6.45, 7) is 2.65. The fourth-order valence-electron chi connectivity index (χ4n) is 2.24. The summed E-state index contributed by atoms with van der Waals surface area (Å²) in [5, 5.41) is 0. The first-order valence-electron chi connectivity index (χ1n) is 8.18. The van der Waals surface area contributed by atoms with Crippen molar-refractivity contribution in [1.29, 1.82) is 0 Å². The van der Waals surface area contributed by atoms with Gasteiger partial charge in [0, 0.05) is 12.1 Å². The van der Waals surface area contributed by atoms with Crippen molar-refractivity contribution < 1.29 is 18.7 Å². The summed E-state index contributed by atoms with van der Waals surface area (Å²) in [6.07, 6.45) is 4.49. The monoisotopic (exact) mass is 381 g/mol. The van der Waals surface area contributed by atoms with Crippen molar-refractivity contribution in [2.24, 2.45) is 0 Å². The lowest BCUT2D eigenvalue weighted by Crippen LogP contribution is -2.30. The van der Waals surface area contributed by atoms with Gasteiger partial charge in [-0.3, -0.25) is 14.5 Å². The van der Waals surface area contributed by atoms with Crippen LogP contribution >= 0.6 is 24.0 Å². The van der Waals surface area contributed by atoms with Crippen LogP contribution in [-0.2, 0) is 14.3 Å². The van der Waals surface area contributed by atoms with Crippen LogP contribution in [0.1, 0.15) is 38.2 Å². The molecule has 4 nitrogen and oxygen atoms in total. The second kappa shape index (κ2) is 9.68. The zero-order valence-electron chi connectivity index (χ0n) is 14.0. The molecule has 0 atom stereocenters. The lowest BCUT2D eigenvalue weighted by Gasteiger charge is -2.13. The fourth-order valence-corrected chi connectivity index (χ4v) is 3.54. The number of hydrogen-bond acceptors (Lipinski definition) is 5. The second-order valence-electron chi connectivity index (χ2n) is 5.53. The number of ether oxygens (including phenoxy) is 1. The molecule has 2 rings (SSSR count). The van der Waals surface area contributed by atoms with Crippen LogP contribution in [0.25, 0.3) is 6.08 Å². The molecule has 0 unspecified atom stereocenters. The van der Waals surface area contributed by atoms with Gasteiger partial charge in [-0.1, -0.05) is 61.9 Å². The summed E-state index contributed by atoms with van der Waals surface area (Å²) in [5.74, 6) is -1.05. The molecule has 0 saturated carbocycles. The number of benzene rings is 1. The quantitative estimate of drug-likeness (QED) is 0.293. The molecule has 1 aliphatic rings. The molecule has 1 aromatic carbocycles. The van der Waals surface area contributed by atoms with Gasteiger partial charge in [0.1, 0.15) is 10.1 Å². The van der Waals surface area contributed by atoms with Gasteiger partial charge in [-0.05, 0) is 18.6 Å². The van der Waals surface area contributed by atoms with Crippen molar-refractivity contribution in [3.8, 4) is 0 Å². The number of rotatable bonds is 8. The predicted octanol–water partition coefficient (Wildman–Crippen LogP) is 4.15. The van der Waals surface area contributed by atoms with E-state index in [1.54, 1.807) is 18.2 Å². The molecule has 0 N–H and O–H groups in total. The van der Waals surface area contributed by atoms with Crippen LogP contribution in [-0.4, -0.2) is 34.2 Å². The van der Waals surface area contributed by atoms with Gasteiger partial charge in [0.15, 0.2) is 0 Å². The van der Waals surface area contributed by atoms with E-state index < -0.39 is 5.82 Å². The van der Waals surface area contributed by atoms with Gasteiger partial charge >= 0.3 is 5.97 Å². The first-order chi connectivity index (χ1) is 12.0. The third-order valence-corrected chi connectivity index (χ3v) is 4.99. The topological polar surface area (TPSA) is 46.6 Å². The molecule has 0 aliphatic carbocycles. The molecule has 0 spiro atoms. The summed E-state index contributed by atoms with van der Waals surface area (Å²) in [4.78, 5) is 25.9. The number of unbranched alkanes of at least 4 members (excludes halogenated alkanes) is 2. The summed E-state index contributed by atoms with van der Waals surface area (Å²) in [6, 6.07) is 6.21. The van der Waals surface area contributed by atoms with E-state index in [2.05, 4.69) is 6.92 Å². The van der Waals surface area contributed by atoms with E-state index in [1.807, 2.05) is 0 Å². The van der Waals surface area contributed by atoms with E-state index in [0.717, 1.165) is 31.0 Å². The van der Waals surface area contributed by atoms with Crippen molar-refractivity contribution in [3.63, 3.8) is 0 Å². The molecular weight excluding hydrogens is 361 g/mol. The Morgan fingerprint density at radius 2 is 2.12 bits per heavy atom. The largest absolute Gasteiger partial charge is 0.466 e. The Bertz CT molecular complexity index is 691. The average Bonchev–Trinajstić information content (AvgIpc) is 2.85. The maximum Gasteiger partial charge on any atom is 0.307 e. The van der Waals surface area contributed by atoms with Crippen molar-refractivity contribution in [2.75, 3.05) is 13.2 Å². The Balaban J connectivity index is 1.91. The standard InChI is InChI=1S/C18H20FNO3S2/c1-2-3-6-11-23-16(21)9-10-20-17(22)15(25-18(20)24)12-13-7-4-5-8-14(13)19/h4-5,7-8,12H,2-3,6,9-11H2,1H3/b15-12-. The molecule has 0 radical (unpaired) electrons. The SMILES string of the molecule is CCCCCOC(=O)CCN1C(=O)/C(=C/c2ccccc2F)SC1=S. The molecule has 0 aromatic heterocycles. The van der Waals surface area contributed by atoms with E-state index in [-0.39, 0.29) is 24.8 Å². The number of carbonyl (C=O) groups is 2. The van der Waals surface area contributed by atoms with Crippen LogP contribution in [0.5, 0.6) is 0 Å². The van der Waals surface area contributed by atoms with Crippen molar-refractivity contribution in [2.45, 2.75) is 32.6 Å². The fraction of sp³-hybridized carbons (Fsp3) is 0.389. The lowest BCUT2D eigenvalue weighted by atomic mass is 10.2. The van der Waals surface area contributed by atoms with E-state index >= 15 is 0 Å². The molecule has 1 amide bonds. The zero-order valence-corrected chi connectivity index (χ0v) is 15.6. The number of thiocarbonyl (C=S) groups is 1. The third-order valence-electron chi connectivity index (χ3n) is 3.62. The van der Waals surface area contributed by atoms with Gasteiger partial charge in [-0.2, -0.15) is 0 Å². The first kappa shape index (κ1) is 19.6. The number of esters is 1. The third kappa shape index (κ3) is 5.64.